The fourth-order valence-electron chi connectivity index (χ4n) is 4.79. The summed E-state index contributed by atoms with van der Waals surface area (Å²) in [6.07, 6.45) is 3.84. The van der Waals surface area contributed by atoms with E-state index in [1.165, 1.54) is 22.5 Å². The zero-order valence-corrected chi connectivity index (χ0v) is 21.1. The average Bonchev–Trinajstić information content (AvgIpc) is 2.86. The van der Waals surface area contributed by atoms with Crippen LogP contribution < -0.4 is 9.04 Å². The minimum atomic E-state index is -4.00. The monoisotopic (exact) mass is 499 g/mol. The van der Waals surface area contributed by atoms with Gasteiger partial charge in [0.05, 0.1) is 17.2 Å². The van der Waals surface area contributed by atoms with Gasteiger partial charge in [-0.15, -0.1) is 0 Å². The van der Waals surface area contributed by atoms with Crippen LogP contribution in [-0.2, 0) is 21.2 Å². The van der Waals surface area contributed by atoms with Crippen LogP contribution in [0.4, 0.5) is 5.69 Å². The van der Waals surface area contributed by atoms with Gasteiger partial charge in [0.2, 0.25) is 0 Å². The highest BCUT2D eigenvalue weighted by molar-refractivity contribution is 7.92. The topological polar surface area (TPSA) is 93.1 Å². The van der Waals surface area contributed by atoms with Crippen LogP contribution in [0.2, 0.25) is 0 Å². The molecule has 0 spiro atoms. The third-order valence-corrected chi connectivity index (χ3v) is 8.78. The van der Waals surface area contributed by atoms with Crippen molar-refractivity contribution < 1.29 is 27.8 Å². The number of rotatable bonds is 8. The summed E-state index contributed by atoms with van der Waals surface area (Å²) in [7, 11) is -4.00. The van der Waals surface area contributed by atoms with E-state index in [0.29, 0.717) is 38.3 Å². The molecule has 1 fully saturated rings. The van der Waals surface area contributed by atoms with E-state index in [1.807, 2.05) is 32.0 Å². The molecule has 2 aliphatic heterocycles. The second kappa shape index (κ2) is 10.4. The summed E-state index contributed by atoms with van der Waals surface area (Å²) in [4.78, 5) is 12.0. The van der Waals surface area contributed by atoms with E-state index in [2.05, 4.69) is 6.58 Å². The fraction of sp³-hybridized carbons (Fsp3) is 0.444. The second-order valence-corrected chi connectivity index (χ2v) is 11.2. The first-order valence-corrected chi connectivity index (χ1v) is 13.6. The summed E-state index contributed by atoms with van der Waals surface area (Å²) >= 11 is 0. The smallest absolute Gasteiger partial charge is 0.339 e. The number of carboxylic acid groups (broad SMARTS) is 1. The molecule has 8 heteroatoms. The number of hydrogen-bond donors (Lipinski definition) is 1. The molecule has 0 aliphatic carbocycles. The number of nitrogens with zero attached hydrogens (tertiary/aromatic N) is 1. The van der Waals surface area contributed by atoms with Crippen molar-refractivity contribution in [3.63, 3.8) is 0 Å². The van der Waals surface area contributed by atoms with Gasteiger partial charge in [-0.25, -0.2) is 13.2 Å². The third-order valence-electron chi connectivity index (χ3n) is 6.91. The van der Waals surface area contributed by atoms with Crippen LogP contribution in [0.1, 0.15) is 61.0 Å². The number of allylic oxidation sites excluding steroid dienone is 1. The molecule has 2 aliphatic rings. The molecule has 2 aromatic carbocycles. The number of fused-ring (bicyclic) bond motifs is 1. The van der Waals surface area contributed by atoms with Crippen LogP contribution in [0.15, 0.2) is 47.9 Å². The Labute approximate surface area is 207 Å². The molecule has 1 N–H and O–H groups in total. The Balaban J connectivity index is 1.68. The first-order valence-electron chi connectivity index (χ1n) is 12.1. The first kappa shape index (κ1) is 25.3. The molecule has 7 nitrogen and oxygen atoms in total. The van der Waals surface area contributed by atoms with Crippen LogP contribution >= 0.6 is 0 Å². The molecule has 0 saturated carbocycles. The van der Waals surface area contributed by atoms with Crippen molar-refractivity contribution in [3.8, 4) is 5.75 Å². The van der Waals surface area contributed by atoms with Crippen LogP contribution in [0.25, 0.3) is 5.57 Å². The Morgan fingerprint density at radius 3 is 2.57 bits per heavy atom. The fourth-order valence-corrected chi connectivity index (χ4v) is 6.61. The zero-order valence-electron chi connectivity index (χ0n) is 20.3. The van der Waals surface area contributed by atoms with Crippen molar-refractivity contribution in [1.82, 2.24) is 0 Å². The maximum absolute atomic E-state index is 13.9. The summed E-state index contributed by atoms with van der Waals surface area (Å²) in [6.45, 7) is 9.59. The lowest BCUT2D eigenvalue weighted by atomic mass is 9.94. The number of carboxylic acids is 1. The number of aryl methyl sites for hydroxylation is 1. The van der Waals surface area contributed by atoms with Gasteiger partial charge in [-0.3, -0.25) is 4.31 Å². The number of benzene rings is 2. The predicted octanol–water partition coefficient (Wildman–Crippen LogP) is 5.14. The number of sulfonamides is 1. The Hall–Kier alpha value is -2.84. The lowest BCUT2D eigenvalue weighted by molar-refractivity contribution is 0.0490. The molecule has 4 rings (SSSR count). The summed E-state index contributed by atoms with van der Waals surface area (Å²) in [5.74, 6) is -0.755. The number of aromatic carboxylic acids is 1. The van der Waals surface area contributed by atoms with Crippen LogP contribution in [0.5, 0.6) is 5.75 Å². The Bertz CT molecular complexity index is 1220. The van der Waals surface area contributed by atoms with E-state index in [4.69, 9.17) is 9.47 Å². The lowest BCUT2D eigenvalue weighted by Gasteiger charge is -2.37. The van der Waals surface area contributed by atoms with Crippen molar-refractivity contribution in [2.45, 2.75) is 56.9 Å². The van der Waals surface area contributed by atoms with Gasteiger partial charge < -0.3 is 14.6 Å². The van der Waals surface area contributed by atoms with Gasteiger partial charge in [-0.2, -0.15) is 0 Å². The number of hydrogen-bond acceptors (Lipinski definition) is 5. The van der Waals surface area contributed by atoms with Crippen molar-refractivity contribution in [2.24, 2.45) is 5.92 Å². The zero-order chi connectivity index (χ0) is 25.2. The van der Waals surface area contributed by atoms with Gasteiger partial charge in [-0.05, 0) is 86.4 Å². The van der Waals surface area contributed by atoms with E-state index < -0.39 is 16.0 Å². The highest BCUT2D eigenvalue weighted by Crippen LogP contribution is 2.38. The Morgan fingerprint density at radius 2 is 1.91 bits per heavy atom. The van der Waals surface area contributed by atoms with Gasteiger partial charge in [0, 0.05) is 19.3 Å². The van der Waals surface area contributed by atoms with Crippen molar-refractivity contribution >= 4 is 27.3 Å². The standard InChI is InChI=1S/C27H33NO6S/c1-4-22-7-5-21-15-20(18(2)3)6-9-25(21)28(22)35(31,32)23-8-10-26(24(16-23)27(29)30)34-17-19-11-13-33-14-12-19/h6,8-10,15-16,19,22H,2,4-5,7,11-14,17H2,1,3H3,(H,29,30). The summed E-state index contributed by atoms with van der Waals surface area (Å²) in [5.41, 5.74) is 3.34. The molecule has 2 heterocycles. The van der Waals surface area contributed by atoms with E-state index in [9.17, 15) is 18.3 Å². The molecule has 0 bridgehead atoms. The molecule has 0 radical (unpaired) electrons. The normalized spacial score (nSPS) is 18.7. The van der Waals surface area contributed by atoms with Gasteiger partial charge in [0.1, 0.15) is 11.3 Å². The van der Waals surface area contributed by atoms with Crippen LogP contribution in [-0.4, -0.2) is 45.4 Å². The van der Waals surface area contributed by atoms with E-state index >= 15 is 0 Å². The van der Waals surface area contributed by atoms with Crippen molar-refractivity contribution in [3.05, 3.63) is 59.7 Å². The third kappa shape index (κ3) is 5.23. The maximum atomic E-state index is 13.9. The molecule has 1 saturated heterocycles. The average molecular weight is 500 g/mol. The first-order chi connectivity index (χ1) is 16.7. The highest BCUT2D eigenvalue weighted by atomic mass is 32.2. The molecule has 1 atom stereocenters. The number of ether oxygens (including phenoxy) is 2. The number of anilines is 1. The maximum Gasteiger partial charge on any atom is 0.339 e. The highest BCUT2D eigenvalue weighted by Gasteiger charge is 2.36. The molecule has 0 amide bonds. The molecular formula is C27H33NO6S. The Morgan fingerprint density at radius 1 is 1.17 bits per heavy atom. The van der Waals surface area contributed by atoms with Crippen molar-refractivity contribution in [1.29, 1.82) is 0 Å². The molecule has 2 aromatic rings. The van der Waals surface area contributed by atoms with E-state index in [1.54, 1.807) is 0 Å². The minimum absolute atomic E-state index is 0.0522. The van der Waals surface area contributed by atoms with Gasteiger partial charge in [-0.1, -0.05) is 25.1 Å². The van der Waals surface area contributed by atoms with Gasteiger partial charge in [0.25, 0.3) is 10.0 Å². The van der Waals surface area contributed by atoms with Crippen LogP contribution in [0, 0.1) is 5.92 Å². The summed E-state index contributed by atoms with van der Waals surface area (Å²) < 4.78 is 40.4. The molecule has 1 unspecified atom stereocenters. The predicted molar refractivity (Wildman–Crippen MR) is 136 cm³/mol. The second-order valence-electron chi connectivity index (χ2n) is 9.36. The van der Waals surface area contributed by atoms with E-state index in [-0.39, 0.29) is 28.2 Å². The minimum Gasteiger partial charge on any atom is -0.492 e. The SMILES string of the molecule is C=C(C)c1ccc2c(c1)CCC(CC)N2S(=O)(=O)c1ccc(OCC2CCOCC2)c(C(=O)O)c1. The molecule has 188 valence electrons. The molecule has 35 heavy (non-hydrogen) atoms. The Kier molecular flexibility index (Phi) is 7.52. The van der Waals surface area contributed by atoms with Gasteiger partial charge in [0.15, 0.2) is 0 Å². The summed E-state index contributed by atoms with van der Waals surface area (Å²) in [6, 6.07) is 9.65. The van der Waals surface area contributed by atoms with E-state index in [0.717, 1.165) is 36.0 Å². The molecule has 0 aromatic heterocycles. The number of carbonyl (C=O) groups is 1. The quantitative estimate of drug-likeness (QED) is 0.540. The van der Waals surface area contributed by atoms with Gasteiger partial charge >= 0.3 is 5.97 Å². The van der Waals surface area contributed by atoms with Crippen LogP contribution in [0.3, 0.4) is 0 Å². The summed E-state index contributed by atoms with van der Waals surface area (Å²) in [5, 5.41) is 9.82. The van der Waals surface area contributed by atoms with Crippen molar-refractivity contribution in [2.75, 3.05) is 24.1 Å². The lowest BCUT2D eigenvalue weighted by Crippen LogP contribution is -2.43. The largest absolute Gasteiger partial charge is 0.492 e. The molecular weight excluding hydrogens is 466 g/mol.